The van der Waals surface area contributed by atoms with Gasteiger partial charge in [-0.1, -0.05) is 18.2 Å². The molecular formula is C22H14F2N4O. The van der Waals surface area contributed by atoms with Gasteiger partial charge in [-0.2, -0.15) is 0 Å². The normalized spacial score (nSPS) is 12.5. The van der Waals surface area contributed by atoms with E-state index >= 15 is 0 Å². The molecule has 0 radical (unpaired) electrons. The number of fused-ring (bicyclic) bond motifs is 2. The zero-order valence-corrected chi connectivity index (χ0v) is 15.1. The van der Waals surface area contributed by atoms with E-state index in [1.54, 1.807) is 18.3 Å². The third-order valence-corrected chi connectivity index (χ3v) is 5.05. The summed E-state index contributed by atoms with van der Waals surface area (Å²) in [5.74, 6) is -1.44. The molecule has 2 aromatic carbocycles. The molecule has 0 amide bonds. The summed E-state index contributed by atoms with van der Waals surface area (Å²) in [6.07, 6.45) is 4.36. The molecule has 0 aliphatic carbocycles. The van der Waals surface area contributed by atoms with E-state index in [2.05, 4.69) is 15.0 Å². The Kier molecular flexibility index (Phi) is 4.01. The molecular weight excluding hydrogens is 374 g/mol. The molecule has 0 bridgehead atoms. The van der Waals surface area contributed by atoms with Crippen molar-refractivity contribution in [3.8, 4) is 11.1 Å². The number of aromatic nitrogens is 3. The molecule has 0 unspecified atom stereocenters. The highest BCUT2D eigenvalue weighted by Crippen LogP contribution is 2.30. The highest BCUT2D eigenvalue weighted by Gasteiger charge is 2.18. The van der Waals surface area contributed by atoms with Crippen molar-refractivity contribution < 1.29 is 8.78 Å². The molecule has 4 aromatic rings. The standard InChI is InChI=1S/C22H14F2N4O/c23-18-7-14(15-4-1-3-13-9-25-10-16(13)15)8-19(24)17(18)12-28-21(29)11-27-20-5-2-6-26-22(20)28/h1-8,10-11H,9,12H2. The second kappa shape index (κ2) is 6.70. The molecule has 29 heavy (non-hydrogen) atoms. The maximum absolute atomic E-state index is 14.9. The zero-order valence-electron chi connectivity index (χ0n) is 15.1. The minimum atomic E-state index is -0.722. The molecule has 5 nitrogen and oxygen atoms in total. The predicted octanol–water partition coefficient (Wildman–Crippen LogP) is 3.72. The minimum Gasteiger partial charge on any atom is -0.288 e. The average molecular weight is 388 g/mol. The number of benzene rings is 2. The van der Waals surface area contributed by atoms with Crippen LogP contribution in [-0.4, -0.2) is 20.7 Å². The summed E-state index contributed by atoms with van der Waals surface area (Å²) >= 11 is 0. The smallest absolute Gasteiger partial charge is 0.270 e. The predicted molar refractivity (Wildman–Crippen MR) is 106 cm³/mol. The number of pyridine rings is 1. The van der Waals surface area contributed by atoms with Gasteiger partial charge in [0.15, 0.2) is 5.65 Å². The Bertz CT molecular complexity index is 1340. The van der Waals surface area contributed by atoms with Crippen LogP contribution in [0.4, 0.5) is 8.78 Å². The number of hydrogen-bond donors (Lipinski definition) is 0. The van der Waals surface area contributed by atoms with Gasteiger partial charge < -0.3 is 0 Å². The van der Waals surface area contributed by atoms with Crippen LogP contribution < -0.4 is 5.56 Å². The molecule has 2 aromatic heterocycles. The van der Waals surface area contributed by atoms with Crippen molar-refractivity contribution >= 4 is 17.4 Å². The van der Waals surface area contributed by atoms with Gasteiger partial charge in [-0.3, -0.25) is 14.4 Å². The van der Waals surface area contributed by atoms with E-state index in [4.69, 9.17) is 0 Å². The van der Waals surface area contributed by atoms with Gasteiger partial charge in [0.05, 0.1) is 19.3 Å². The first kappa shape index (κ1) is 17.4. The number of aliphatic imine (C=N–C) groups is 1. The van der Waals surface area contributed by atoms with Crippen LogP contribution in [0.25, 0.3) is 22.3 Å². The first-order chi connectivity index (χ1) is 14.1. The quantitative estimate of drug-likeness (QED) is 0.538. The molecule has 1 aliphatic heterocycles. The Morgan fingerprint density at radius 3 is 2.69 bits per heavy atom. The van der Waals surface area contributed by atoms with Gasteiger partial charge in [0.25, 0.3) is 5.56 Å². The van der Waals surface area contributed by atoms with Crippen LogP contribution in [0.15, 0.2) is 64.6 Å². The van der Waals surface area contributed by atoms with E-state index in [1.165, 1.54) is 22.9 Å². The molecule has 0 atom stereocenters. The third kappa shape index (κ3) is 2.91. The van der Waals surface area contributed by atoms with Crippen molar-refractivity contribution in [2.24, 2.45) is 4.99 Å². The fourth-order valence-corrected chi connectivity index (χ4v) is 3.61. The monoisotopic (exact) mass is 388 g/mol. The van der Waals surface area contributed by atoms with Gasteiger partial charge in [-0.05, 0) is 41.0 Å². The van der Waals surface area contributed by atoms with Crippen LogP contribution in [0.2, 0.25) is 0 Å². The second-order valence-electron chi connectivity index (χ2n) is 6.80. The fraction of sp³-hybridized carbons (Fsp3) is 0.0909. The second-order valence-corrected chi connectivity index (χ2v) is 6.80. The molecule has 142 valence electrons. The zero-order chi connectivity index (χ0) is 20.0. The van der Waals surface area contributed by atoms with Crippen molar-refractivity contribution in [2.45, 2.75) is 13.1 Å². The molecule has 7 heteroatoms. The van der Waals surface area contributed by atoms with Crippen LogP contribution >= 0.6 is 0 Å². The summed E-state index contributed by atoms with van der Waals surface area (Å²) in [6, 6.07) is 11.6. The summed E-state index contributed by atoms with van der Waals surface area (Å²) in [6.45, 7) is 0.290. The van der Waals surface area contributed by atoms with Gasteiger partial charge in [0, 0.05) is 23.5 Å². The van der Waals surface area contributed by atoms with Crippen LogP contribution in [0.3, 0.4) is 0 Å². The van der Waals surface area contributed by atoms with Crippen molar-refractivity contribution in [1.29, 1.82) is 0 Å². The lowest BCUT2D eigenvalue weighted by molar-refractivity contribution is 0.544. The molecule has 5 rings (SSSR count). The van der Waals surface area contributed by atoms with E-state index in [1.807, 2.05) is 18.2 Å². The van der Waals surface area contributed by atoms with Gasteiger partial charge in [-0.25, -0.2) is 18.7 Å². The molecule has 1 aliphatic rings. The van der Waals surface area contributed by atoms with E-state index in [-0.39, 0.29) is 17.8 Å². The fourth-order valence-electron chi connectivity index (χ4n) is 3.61. The van der Waals surface area contributed by atoms with Gasteiger partial charge in [-0.15, -0.1) is 0 Å². The van der Waals surface area contributed by atoms with Crippen molar-refractivity contribution in [1.82, 2.24) is 14.5 Å². The van der Waals surface area contributed by atoms with Crippen molar-refractivity contribution in [3.63, 3.8) is 0 Å². The molecule has 0 saturated heterocycles. The average Bonchev–Trinajstić information content (AvgIpc) is 3.21. The summed E-state index contributed by atoms with van der Waals surface area (Å²) < 4.78 is 31.1. The summed E-state index contributed by atoms with van der Waals surface area (Å²) in [5, 5.41) is 0. The highest BCUT2D eigenvalue weighted by molar-refractivity contribution is 5.94. The summed E-state index contributed by atoms with van der Waals surface area (Å²) in [4.78, 5) is 24.7. The van der Waals surface area contributed by atoms with Crippen LogP contribution in [-0.2, 0) is 13.1 Å². The Labute approximate surface area is 164 Å². The molecule has 0 spiro atoms. The van der Waals surface area contributed by atoms with Crippen LogP contribution in [0, 0.1) is 11.6 Å². The number of halogens is 2. The summed E-state index contributed by atoms with van der Waals surface area (Å²) in [5.41, 5.74) is 3.13. The highest BCUT2D eigenvalue weighted by atomic mass is 19.1. The van der Waals surface area contributed by atoms with Gasteiger partial charge in [0.2, 0.25) is 0 Å². The Morgan fingerprint density at radius 2 is 1.86 bits per heavy atom. The lowest BCUT2D eigenvalue weighted by atomic mass is 9.96. The summed E-state index contributed by atoms with van der Waals surface area (Å²) in [7, 11) is 0. The van der Waals surface area contributed by atoms with Gasteiger partial charge >= 0.3 is 0 Å². The van der Waals surface area contributed by atoms with E-state index in [0.29, 0.717) is 17.6 Å². The Morgan fingerprint density at radius 1 is 1.03 bits per heavy atom. The number of hydrogen-bond acceptors (Lipinski definition) is 4. The number of nitrogens with zero attached hydrogens (tertiary/aromatic N) is 4. The maximum atomic E-state index is 14.9. The Balaban J connectivity index is 1.61. The largest absolute Gasteiger partial charge is 0.288 e. The molecule has 3 heterocycles. The first-order valence-electron chi connectivity index (χ1n) is 9.02. The van der Waals surface area contributed by atoms with Crippen molar-refractivity contribution in [2.75, 3.05) is 0 Å². The third-order valence-electron chi connectivity index (χ3n) is 5.05. The topological polar surface area (TPSA) is 60.1 Å². The van der Waals surface area contributed by atoms with E-state index in [0.717, 1.165) is 22.9 Å². The number of rotatable bonds is 3. The molecule has 0 N–H and O–H groups in total. The molecule has 0 fully saturated rings. The van der Waals surface area contributed by atoms with E-state index < -0.39 is 17.2 Å². The SMILES string of the molecule is O=c1cnc2cccnc2n1Cc1c(F)cc(-c2cccc3c2C=NC3)cc1F. The molecule has 0 saturated carbocycles. The minimum absolute atomic E-state index is 0.199. The van der Waals surface area contributed by atoms with Crippen LogP contribution in [0.5, 0.6) is 0 Å². The lowest BCUT2D eigenvalue weighted by Crippen LogP contribution is -2.23. The maximum Gasteiger partial charge on any atom is 0.270 e. The van der Waals surface area contributed by atoms with Gasteiger partial charge in [0.1, 0.15) is 17.2 Å². The lowest BCUT2D eigenvalue weighted by Gasteiger charge is -2.13. The first-order valence-corrected chi connectivity index (χ1v) is 9.02. The van der Waals surface area contributed by atoms with E-state index in [9.17, 15) is 13.6 Å². The Hall–Kier alpha value is -3.74. The van der Waals surface area contributed by atoms with Crippen LogP contribution in [0.1, 0.15) is 16.7 Å². The van der Waals surface area contributed by atoms with Crippen molar-refractivity contribution in [3.05, 3.63) is 93.5 Å².